The van der Waals surface area contributed by atoms with Gasteiger partial charge >= 0.3 is 0 Å². The van der Waals surface area contributed by atoms with E-state index in [0.717, 1.165) is 11.3 Å². The van der Waals surface area contributed by atoms with Crippen LogP contribution in [-0.2, 0) is 16.6 Å². The maximum Gasteiger partial charge on any atom is 0.264 e. The molecule has 3 aromatic rings. The minimum Gasteiger partial charge on any atom is -0.468 e. The maximum absolute atomic E-state index is 12.6. The molecule has 0 radical (unpaired) electrons. The van der Waals surface area contributed by atoms with Gasteiger partial charge in [0, 0.05) is 13.1 Å². The number of nitrogens with one attached hydrogen (secondary N) is 1. The van der Waals surface area contributed by atoms with Crippen LogP contribution in [0.15, 0.2) is 56.1 Å². The molecule has 0 saturated heterocycles. The predicted molar refractivity (Wildman–Crippen MR) is 85.5 cm³/mol. The molecule has 23 heavy (non-hydrogen) atoms. The average Bonchev–Trinajstić information content (AvgIpc) is 3.19. The lowest BCUT2D eigenvalue weighted by Crippen LogP contribution is -2.25. The Labute approximate surface area is 136 Å². The zero-order chi connectivity index (χ0) is 16.4. The van der Waals surface area contributed by atoms with Crippen LogP contribution in [-0.4, -0.2) is 30.0 Å². The summed E-state index contributed by atoms with van der Waals surface area (Å²) < 4.78 is 31.7. The Bertz CT molecular complexity index is 938. The summed E-state index contributed by atoms with van der Waals surface area (Å²) in [7, 11) is -2.12. The van der Waals surface area contributed by atoms with Crippen molar-refractivity contribution in [2.75, 3.05) is 7.05 Å². The van der Waals surface area contributed by atoms with Gasteiger partial charge < -0.3 is 4.42 Å². The number of hydrogen-bond donors (Lipinski definition) is 1. The van der Waals surface area contributed by atoms with E-state index in [-0.39, 0.29) is 16.3 Å². The number of nitrogens with zero attached hydrogens (tertiary/aromatic N) is 2. The molecule has 120 valence electrons. The highest BCUT2D eigenvalue weighted by Crippen LogP contribution is 2.30. The number of H-pyrrole nitrogens is 1. The van der Waals surface area contributed by atoms with Gasteiger partial charge in [-0.3, -0.25) is 4.79 Å². The summed E-state index contributed by atoms with van der Waals surface area (Å²) in [6.07, 6.45) is 1.50. The first kappa shape index (κ1) is 15.7. The minimum absolute atomic E-state index is 0.152. The Morgan fingerprint density at radius 1 is 1.26 bits per heavy atom. The smallest absolute Gasteiger partial charge is 0.264 e. The van der Waals surface area contributed by atoms with E-state index in [4.69, 9.17) is 4.42 Å². The maximum atomic E-state index is 12.6. The number of rotatable bonds is 5. The first-order valence-corrected chi connectivity index (χ1v) is 8.87. The van der Waals surface area contributed by atoms with Crippen molar-refractivity contribution >= 4 is 21.4 Å². The molecule has 0 aliphatic carbocycles. The molecule has 0 aromatic carbocycles. The standard InChI is InChI=1S/C14H13N3O4S2/c1-17(9-10-3-2-8-21-10)23(19,20)14-7-5-12(22-14)11-4-6-13(18)16-15-11/h2-8H,9H2,1H3,(H,16,18). The monoisotopic (exact) mass is 351 g/mol. The largest absolute Gasteiger partial charge is 0.468 e. The van der Waals surface area contributed by atoms with E-state index in [9.17, 15) is 13.2 Å². The van der Waals surface area contributed by atoms with E-state index in [0.29, 0.717) is 16.3 Å². The highest BCUT2D eigenvalue weighted by Gasteiger charge is 2.24. The van der Waals surface area contributed by atoms with Crippen LogP contribution in [0.25, 0.3) is 10.6 Å². The normalized spacial score (nSPS) is 11.9. The van der Waals surface area contributed by atoms with E-state index in [1.807, 2.05) is 0 Å². The Kier molecular flexibility index (Phi) is 4.16. The fourth-order valence-corrected chi connectivity index (χ4v) is 4.56. The zero-order valence-electron chi connectivity index (χ0n) is 12.1. The highest BCUT2D eigenvalue weighted by molar-refractivity contribution is 7.91. The van der Waals surface area contributed by atoms with Crippen molar-refractivity contribution in [3.05, 3.63) is 58.8 Å². The summed E-state index contributed by atoms with van der Waals surface area (Å²) in [5.74, 6) is 0.565. The molecule has 1 N–H and O–H groups in total. The fraction of sp³-hybridized carbons (Fsp3) is 0.143. The lowest BCUT2D eigenvalue weighted by Gasteiger charge is -2.14. The van der Waals surface area contributed by atoms with Gasteiger partial charge in [-0.15, -0.1) is 11.3 Å². The van der Waals surface area contributed by atoms with Crippen molar-refractivity contribution in [1.29, 1.82) is 0 Å². The lowest BCUT2D eigenvalue weighted by atomic mass is 10.3. The molecule has 0 saturated carbocycles. The van der Waals surface area contributed by atoms with Crippen LogP contribution in [0.2, 0.25) is 0 Å². The van der Waals surface area contributed by atoms with Gasteiger partial charge in [0.15, 0.2) is 0 Å². The van der Waals surface area contributed by atoms with Gasteiger partial charge in [0.05, 0.1) is 17.7 Å². The van der Waals surface area contributed by atoms with Gasteiger partial charge in [-0.05, 0) is 30.3 Å². The lowest BCUT2D eigenvalue weighted by molar-refractivity contribution is 0.407. The molecular formula is C14H13N3O4S2. The third-order valence-corrected chi connectivity index (χ3v) is 6.51. The highest BCUT2D eigenvalue weighted by atomic mass is 32.2. The summed E-state index contributed by atoms with van der Waals surface area (Å²) in [4.78, 5) is 11.7. The van der Waals surface area contributed by atoms with Crippen molar-refractivity contribution in [2.45, 2.75) is 10.8 Å². The van der Waals surface area contributed by atoms with Crippen LogP contribution < -0.4 is 5.56 Å². The van der Waals surface area contributed by atoms with Crippen molar-refractivity contribution in [3.8, 4) is 10.6 Å². The Morgan fingerprint density at radius 3 is 2.74 bits per heavy atom. The summed E-state index contributed by atoms with van der Waals surface area (Å²) in [6, 6.07) is 9.52. The number of sulfonamides is 1. The second-order valence-corrected chi connectivity index (χ2v) is 8.12. The molecule has 3 heterocycles. The van der Waals surface area contributed by atoms with Crippen LogP contribution in [0.4, 0.5) is 0 Å². The van der Waals surface area contributed by atoms with E-state index in [2.05, 4.69) is 10.2 Å². The summed E-state index contributed by atoms with van der Waals surface area (Å²) in [6.45, 7) is 0.152. The van der Waals surface area contributed by atoms with E-state index >= 15 is 0 Å². The van der Waals surface area contributed by atoms with Crippen molar-refractivity contribution in [2.24, 2.45) is 0 Å². The first-order valence-electron chi connectivity index (χ1n) is 6.61. The Hall–Kier alpha value is -2.23. The quantitative estimate of drug-likeness (QED) is 0.757. The van der Waals surface area contributed by atoms with Crippen LogP contribution in [0.3, 0.4) is 0 Å². The van der Waals surface area contributed by atoms with Crippen molar-refractivity contribution in [1.82, 2.24) is 14.5 Å². The fourth-order valence-electron chi connectivity index (χ4n) is 1.94. The number of aromatic amines is 1. The first-order chi connectivity index (χ1) is 11.0. The molecule has 9 heteroatoms. The topological polar surface area (TPSA) is 96.3 Å². The Balaban J connectivity index is 1.86. The molecule has 7 nitrogen and oxygen atoms in total. The van der Waals surface area contributed by atoms with Gasteiger partial charge in [-0.25, -0.2) is 13.5 Å². The molecular weight excluding hydrogens is 338 g/mol. The third-order valence-electron chi connectivity index (χ3n) is 3.14. The van der Waals surface area contributed by atoms with Crippen molar-refractivity contribution in [3.63, 3.8) is 0 Å². The minimum atomic E-state index is -3.62. The van der Waals surface area contributed by atoms with E-state index < -0.39 is 10.0 Å². The average molecular weight is 351 g/mol. The number of furan rings is 1. The predicted octanol–water partition coefficient (Wildman–Crippen LogP) is 1.91. The zero-order valence-corrected chi connectivity index (χ0v) is 13.7. The molecule has 0 spiro atoms. The number of aromatic nitrogens is 2. The van der Waals surface area contributed by atoms with Gasteiger partial charge in [0.2, 0.25) is 0 Å². The second kappa shape index (κ2) is 6.11. The van der Waals surface area contributed by atoms with Crippen LogP contribution in [0, 0.1) is 0 Å². The molecule has 0 aliphatic heterocycles. The molecule has 0 unspecified atom stereocenters. The number of thiophene rings is 1. The van der Waals surface area contributed by atoms with Crippen LogP contribution in [0.5, 0.6) is 0 Å². The second-order valence-electron chi connectivity index (χ2n) is 4.77. The van der Waals surface area contributed by atoms with Gasteiger partial charge in [0.25, 0.3) is 15.6 Å². The van der Waals surface area contributed by atoms with Gasteiger partial charge in [-0.1, -0.05) is 0 Å². The molecule has 0 atom stereocenters. The summed E-state index contributed by atoms with van der Waals surface area (Å²) in [5.41, 5.74) is 0.209. The van der Waals surface area contributed by atoms with Crippen molar-refractivity contribution < 1.29 is 12.8 Å². The Morgan fingerprint density at radius 2 is 2.09 bits per heavy atom. The third kappa shape index (κ3) is 3.26. The van der Waals surface area contributed by atoms with E-state index in [1.54, 1.807) is 24.3 Å². The summed E-state index contributed by atoms with van der Waals surface area (Å²) >= 11 is 1.09. The van der Waals surface area contributed by atoms with Crippen LogP contribution in [0.1, 0.15) is 5.76 Å². The molecule has 0 amide bonds. The molecule has 0 aliphatic rings. The molecule has 3 rings (SSSR count). The molecule has 0 bridgehead atoms. The van der Waals surface area contributed by atoms with E-state index in [1.165, 1.54) is 29.7 Å². The van der Waals surface area contributed by atoms with Gasteiger partial charge in [0.1, 0.15) is 15.7 Å². The summed E-state index contributed by atoms with van der Waals surface area (Å²) in [5, 5.41) is 6.23. The molecule has 3 aromatic heterocycles. The number of hydrogen-bond acceptors (Lipinski definition) is 6. The van der Waals surface area contributed by atoms with Crippen LogP contribution >= 0.6 is 11.3 Å². The SMILES string of the molecule is CN(Cc1ccco1)S(=O)(=O)c1ccc(-c2ccc(=O)[nH]n2)s1. The molecule has 0 fully saturated rings. The van der Waals surface area contributed by atoms with Gasteiger partial charge in [-0.2, -0.15) is 9.40 Å².